The third-order valence-corrected chi connectivity index (χ3v) is 2.69. The van der Waals surface area contributed by atoms with E-state index >= 15 is 0 Å². The van der Waals surface area contributed by atoms with Gasteiger partial charge >= 0.3 is 0 Å². The molecule has 0 N–H and O–H groups in total. The van der Waals surface area contributed by atoms with E-state index in [0.29, 0.717) is 0 Å². The van der Waals surface area contributed by atoms with Gasteiger partial charge in [0.25, 0.3) is 0 Å². The minimum atomic E-state index is 0.269. The topological polar surface area (TPSA) is 9.23 Å². The summed E-state index contributed by atoms with van der Waals surface area (Å²) in [4.78, 5) is 0. The zero-order valence-electron chi connectivity index (χ0n) is 11.0. The standard InChI is InChI=1S/C15H22O/c1-6-8-14-10-11(3)9-12(4)15(14)16-13(5)7-2/h6,8-10,13H,7H2,1-5H3/b8-6+/t13-/m1/s1. The smallest absolute Gasteiger partial charge is 0.129 e. The van der Waals surface area contributed by atoms with Gasteiger partial charge in [-0.3, -0.25) is 0 Å². The van der Waals surface area contributed by atoms with Gasteiger partial charge in [0.15, 0.2) is 0 Å². The van der Waals surface area contributed by atoms with Crippen molar-refractivity contribution >= 4 is 6.08 Å². The predicted molar refractivity (Wildman–Crippen MR) is 71.0 cm³/mol. The lowest BCUT2D eigenvalue weighted by Gasteiger charge is -2.17. The van der Waals surface area contributed by atoms with Gasteiger partial charge in [-0.15, -0.1) is 0 Å². The average Bonchev–Trinajstić information content (AvgIpc) is 2.23. The Bertz CT molecular complexity index is 377. The molecular weight excluding hydrogens is 196 g/mol. The minimum absolute atomic E-state index is 0.269. The maximum Gasteiger partial charge on any atom is 0.129 e. The molecule has 1 aromatic carbocycles. The van der Waals surface area contributed by atoms with E-state index < -0.39 is 0 Å². The molecular formula is C15H22O. The molecule has 0 saturated heterocycles. The summed E-state index contributed by atoms with van der Waals surface area (Å²) in [6.45, 7) is 10.5. The first-order valence-electron chi connectivity index (χ1n) is 5.99. The molecule has 0 unspecified atom stereocenters. The zero-order chi connectivity index (χ0) is 12.1. The van der Waals surface area contributed by atoms with Crippen LogP contribution in [0.1, 0.15) is 43.9 Å². The van der Waals surface area contributed by atoms with E-state index in [0.717, 1.165) is 12.2 Å². The molecule has 88 valence electrons. The Morgan fingerprint density at radius 2 is 2.00 bits per heavy atom. The summed E-state index contributed by atoms with van der Waals surface area (Å²) >= 11 is 0. The molecule has 1 nitrogen and oxygen atoms in total. The second kappa shape index (κ2) is 5.74. The van der Waals surface area contributed by atoms with Crippen LogP contribution >= 0.6 is 0 Å². The van der Waals surface area contributed by atoms with Crippen molar-refractivity contribution < 1.29 is 4.74 Å². The summed E-state index contributed by atoms with van der Waals surface area (Å²) in [7, 11) is 0. The van der Waals surface area contributed by atoms with Gasteiger partial charge in [0, 0.05) is 5.56 Å². The van der Waals surface area contributed by atoms with Gasteiger partial charge < -0.3 is 4.74 Å². The van der Waals surface area contributed by atoms with E-state index in [2.05, 4.69) is 52.0 Å². The first-order chi connectivity index (χ1) is 7.58. The molecule has 1 aromatic rings. The Morgan fingerprint density at radius 3 is 2.56 bits per heavy atom. The first kappa shape index (κ1) is 12.8. The molecule has 0 aromatic heterocycles. The van der Waals surface area contributed by atoms with E-state index in [1.165, 1.54) is 16.7 Å². The second-order valence-corrected chi connectivity index (χ2v) is 4.34. The van der Waals surface area contributed by atoms with E-state index in [9.17, 15) is 0 Å². The highest BCUT2D eigenvalue weighted by molar-refractivity contribution is 5.61. The summed E-state index contributed by atoms with van der Waals surface area (Å²) in [6.07, 6.45) is 5.46. The maximum atomic E-state index is 5.98. The fraction of sp³-hybridized carbons (Fsp3) is 0.467. The van der Waals surface area contributed by atoms with Crippen molar-refractivity contribution in [2.75, 3.05) is 0 Å². The van der Waals surface area contributed by atoms with Crippen molar-refractivity contribution in [1.82, 2.24) is 0 Å². The molecule has 0 spiro atoms. The number of allylic oxidation sites excluding steroid dienone is 1. The lowest BCUT2D eigenvalue weighted by Crippen LogP contribution is -2.11. The van der Waals surface area contributed by atoms with Crippen LogP contribution in [0.15, 0.2) is 18.2 Å². The number of aryl methyl sites for hydroxylation is 2. The monoisotopic (exact) mass is 218 g/mol. The zero-order valence-corrected chi connectivity index (χ0v) is 11.0. The molecule has 0 fully saturated rings. The van der Waals surface area contributed by atoms with E-state index in [1.54, 1.807) is 0 Å². The van der Waals surface area contributed by atoms with Crippen LogP contribution < -0.4 is 4.74 Å². The molecule has 1 heteroatoms. The number of hydrogen-bond donors (Lipinski definition) is 0. The van der Waals surface area contributed by atoms with Crippen LogP contribution in [0, 0.1) is 13.8 Å². The third kappa shape index (κ3) is 3.13. The van der Waals surface area contributed by atoms with Crippen molar-refractivity contribution in [1.29, 1.82) is 0 Å². The highest BCUT2D eigenvalue weighted by Crippen LogP contribution is 2.28. The van der Waals surface area contributed by atoms with Crippen LogP contribution in [0.3, 0.4) is 0 Å². The van der Waals surface area contributed by atoms with Gasteiger partial charge in [-0.05, 0) is 45.7 Å². The lowest BCUT2D eigenvalue weighted by molar-refractivity contribution is 0.215. The minimum Gasteiger partial charge on any atom is -0.490 e. The van der Waals surface area contributed by atoms with Crippen LogP contribution in [0.2, 0.25) is 0 Å². The van der Waals surface area contributed by atoms with Crippen LogP contribution in [-0.4, -0.2) is 6.10 Å². The van der Waals surface area contributed by atoms with Gasteiger partial charge in [-0.1, -0.05) is 30.7 Å². The molecule has 1 atom stereocenters. The number of hydrogen-bond acceptors (Lipinski definition) is 1. The molecule has 0 bridgehead atoms. The largest absolute Gasteiger partial charge is 0.490 e. The molecule has 0 aliphatic carbocycles. The third-order valence-electron chi connectivity index (χ3n) is 2.69. The maximum absolute atomic E-state index is 5.98. The average molecular weight is 218 g/mol. The van der Waals surface area contributed by atoms with E-state index in [1.807, 2.05) is 6.92 Å². The van der Waals surface area contributed by atoms with Gasteiger partial charge in [-0.2, -0.15) is 0 Å². The normalized spacial score (nSPS) is 13.1. The summed E-state index contributed by atoms with van der Waals surface area (Å²) in [5, 5.41) is 0. The summed E-state index contributed by atoms with van der Waals surface area (Å²) in [5.41, 5.74) is 3.68. The summed E-state index contributed by atoms with van der Waals surface area (Å²) < 4.78 is 5.98. The molecule has 0 amide bonds. The number of rotatable bonds is 4. The Kier molecular flexibility index (Phi) is 4.60. The SMILES string of the molecule is C/C=C/c1cc(C)cc(C)c1O[C@H](C)CC. The Labute approximate surface area is 99.1 Å². The van der Waals surface area contributed by atoms with Crippen LogP contribution in [0.5, 0.6) is 5.75 Å². The Morgan fingerprint density at radius 1 is 1.31 bits per heavy atom. The van der Waals surface area contributed by atoms with Crippen molar-refractivity contribution in [3.63, 3.8) is 0 Å². The molecule has 16 heavy (non-hydrogen) atoms. The first-order valence-corrected chi connectivity index (χ1v) is 5.99. The van der Waals surface area contributed by atoms with Crippen molar-refractivity contribution in [3.8, 4) is 5.75 Å². The summed E-state index contributed by atoms with van der Waals surface area (Å²) in [5.74, 6) is 1.03. The number of ether oxygens (including phenoxy) is 1. The van der Waals surface area contributed by atoms with Crippen molar-refractivity contribution in [2.24, 2.45) is 0 Å². The lowest BCUT2D eigenvalue weighted by atomic mass is 10.0. The van der Waals surface area contributed by atoms with Gasteiger partial charge in [-0.25, -0.2) is 0 Å². The molecule has 0 radical (unpaired) electrons. The molecule has 0 aliphatic rings. The molecule has 0 saturated carbocycles. The number of benzene rings is 1. The molecule has 0 aliphatic heterocycles. The van der Waals surface area contributed by atoms with E-state index in [-0.39, 0.29) is 6.10 Å². The highest BCUT2D eigenvalue weighted by Gasteiger charge is 2.09. The van der Waals surface area contributed by atoms with Crippen molar-refractivity contribution in [3.05, 3.63) is 34.9 Å². The van der Waals surface area contributed by atoms with Crippen LogP contribution in [0.4, 0.5) is 0 Å². The fourth-order valence-corrected chi connectivity index (χ4v) is 1.74. The van der Waals surface area contributed by atoms with Crippen molar-refractivity contribution in [2.45, 2.75) is 47.1 Å². The molecule has 0 heterocycles. The van der Waals surface area contributed by atoms with Crippen LogP contribution in [-0.2, 0) is 0 Å². The van der Waals surface area contributed by atoms with Gasteiger partial charge in [0.1, 0.15) is 5.75 Å². The van der Waals surface area contributed by atoms with Gasteiger partial charge in [0.05, 0.1) is 6.10 Å². The Hall–Kier alpha value is -1.24. The van der Waals surface area contributed by atoms with Gasteiger partial charge in [0.2, 0.25) is 0 Å². The molecule has 1 rings (SSSR count). The second-order valence-electron chi connectivity index (χ2n) is 4.34. The highest BCUT2D eigenvalue weighted by atomic mass is 16.5. The van der Waals surface area contributed by atoms with Crippen LogP contribution in [0.25, 0.3) is 6.08 Å². The summed E-state index contributed by atoms with van der Waals surface area (Å²) in [6, 6.07) is 4.34. The quantitative estimate of drug-likeness (QED) is 0.722. The Balaban J connectivity index is 3.13. The predicted octanol–water partition coefficient (Wildman–Crippen LogP) is 4.51. The van der Waals surface area contributed by atoms with E-state index in [4.69, 9.17) is 4.74 Å². The fourth-order valence-electron chi connectivity index (χ4n) is 1.74.